The molecule has 2 rings (SSSR count). The summed E-state index contributed by atoms with van der Waals surface area (Å²) in [4.78, 5) is 11.8. The van der Waals surface area contributed by atoms with E-state index in [0.717, 1.165) is 12.1 Å². The summed E-state index contributed by atoms with van der Waals surface area (Å²) in [5, 5.41) is 0. The van der Waals surface area contributed by atoms with Gasteiger partial charge in [0.15, 0.2) is 11.6 Å². The van der Waals surface area contributed by atoms with Gasteiger partial charge in [0.2, 0.25) is 0 Å². The van der Waals surface area contributed by atoms with Crippen molar-refractivity contribution < 1.29 is 18.0 Å². The first kappa shape index (κ1) is 13.3. The Labute approximate surface area is 108 Å². The zero-order valence-electron chi connectivity index (χ0n) is 10.00. The lowest BCUT2D eigenvalue weighted by atomic mass is 10.0. The monoisotopic (exact) mass is 264 g/mol. The first-order chi connectivity index (χ1) is 9.04. The third-order valence-corrected chi connectivity index (χ3v) is 2.70. The summed E-state index contributed by atoms with van der Waals surface area (Å²) < 4.78 is 38.4. The van der Waals surface area contributed by atoms with E-state index in [4.69, 9.17) is 0 Å². The lowest BCUT2D eigenvalue weighted by Gasteiger charge is -2.03. The molecule has 0 aromatic heterocycles. The fraction of sp³-hybridized carbons (Fsp3) is 0.133. The van der Waals surface area contributed by atoms with Crippen LogP contribution in [0, 0.1) is 17.5 Å². The predicted molar refractivity (Wildman–Crippen MR) is 65.2 cm³/mol. The molecule has 0 radical (unpaired) electrons. The Balaban J connectivity index is 2.01. The molecule has 0 aliphatic rings. The molecule has 19 heavy (non-hydrogen) atoms. The topological polar surface area (TPSA) is 17.1 Å². The van der Waals surface area contributed by atoms with Crippen molar-refractivity contribution in [3.05, 3.63) is 71.0 Å². The largest absolute Gasteiger partial charge is 0.299 e. The lowest BCUT2D eigenvalue weighted by Crippen LogP contribution is -2.07. The van der Waals surface area contributed by atoms with Crippen molar-refractivity contribution in [2.75, 3.05) is 0 Å². The van der Waals surface area contributed by atoms with Crippen LogP contribution in [-0.2, 0) is 17.6 Å². The summed E-state index contributed by atoms with van der Waals surface area (Å²) in [6.07, 6.45) is 0.161. The van der Waals surface area contributed by atoms with E-state index in [9.17, 15) is 18.0 Å². The Hall–Kier alpha value is -2.10. The Kier molecular flexibility index (Phi) is 4.00. The summed E-state index contributed by atoms with van der Waals surface area (Å²) in [7, 11) is 0. The highest BCUT2D eigenvalue weighted by Crippen LogP contribution is 2.11. The number of ketones is 1. The maximum Gasteiger partial charge on any atom is 0.159 e. The standard InChI is InChI=1S/C15H11F3O/c16-12-4-1-10(2-5-12)7-13(19)8-11-3-6-14(17)15(18)9-11/h1-6,9H,7-8H2. The van der Waals surface area contributed by atoms with E-state index in [1.165, 1.54) is 30.3 Å². The minimum absolute atomic E-state index is 0.0224. The highest BCUT2D eigenvalue weighted by Gasteiger charge is 2.08. The Morgan fingerprint density at radius 3 is 2.00 bits per heavy atom. The average molecular weight is 264 g/mol. The maximum atomic E-state index is 13.0. The molecule has 0 bridgehead atoms. The normalized spacial score (nSPS) is 10.5. The van der Waals surface area contributed by atoms with E-state index in [2.05, 4.69) is 0 Å². The molecule has 0 atom stereocenters. The first-order valence-electron chi connectivity index (χ1n) is 5.74. The number of carbonyl (C=O) groups excluding carboxylic acids is 1. The lowest BCUT2D eigenvalue weighted by molar-refractivity contribution is -0.117. The Morgan fingerprint density at radius 1 is 0.789 bits per heavy atom. The molecule has 0 spiro atoms. The average Bonchev–Trinajstić information content (AvgIpc) is 2.37. The molecule has 0 aliphatic heterocycles. The molecule has 0 saturated carbocycles. The van der Waals surface area contributed by atoms with Crippen molar-refractivity contribution in [2.24, 2.45) is 0 Å². The van der Waals surface area contributed by atoms with Gasteiger partial charge >= 0.3 is 0 Å². The van der Waals surface area contributed by atoms with Crippen molar-refractivity contribution in [3.63, 3.8) is 0 Å². The second-order valence-corrected chi connectivity index (χ2v) is 4.27. The molecule has 1 nitrogen and oxygen atoms in total. The summed E-state index contributed by atoms with van der Waals surface area (Å²) in [6, 6.07) is 8.99. The summed E-state index contributed by atoms with van der Waals surface area (Å²) >= 11 is 0. The van der Waals surface area contributed by atoms with Gasteiger partial charge in [0.25, 0.3) is 0 Å². The molecule has 2 aromatic rings. The first-order valence-corrected chi connectivity index (χ1v) is 5.74. The maximum absolute atomic E-state index is 13.0. The molecule has 0 amide bonds. The number of halogens is 3. The van der Waals surface area contributed by atoms with Gasteiger partial charge in [-0.05, 0) is 35.4 Å². The fourth-order valence-corrected chi connectivity index (χ4v) is 1.77. The summed E-state index contributed by atoms with van der Waals surface area (Å²) in [5.41, 5.74) is 1.11. The SMILES string of the molecule is O=C(Cc1ccc(F)cc1)Cc1ccc(F)c(F)c1. The van der Waals surface area contributed by atoms with Gasteiger partial charge in [0.05, 0.1) is 0 Å². The predicted octanol–water partition coefficient (Wildman–Crippen LogP) is 3.46. The molecule has 2 aromatic carbocycles. The van der Waals surface area contributed by atoms with Gasteiger partial charge in [-0.1, -0.05) is 18.2 Å². The molecule has 0 saturated heterocycles. The molecule has 0 unspecified atom stereocenters. The van der Waals surface area contributed by atoms with Gasteiger partial charge in [0.1, 0.15) is 11.6 Å². The van der Waals surface area contributed by atoms with Gasteiger partial charge in [-0.3, -0.25) is 4.79 Å². The Morgan fingerprint density at radius 2 is 1.37 bits per heavy atom. The van der Waals surface area contributed by atoms with Crippen molar-refractivity contribution in [1.29, 1.82) is 0 Å². The molecule has 0 fully saturated rings. The summed E-state index contributed by atoms with van der Waals surface area (Å²) in [6.45, 7) is 0. The van der Waals surface area contributed by atoms with Crippen LogP contribution in [0.5, 0.6) is 0 Å². The second-order valence-electron chi connectivity index (χ2n) is 4.27. The zero-order chi connectivity index (χ0) is 13.8. The number of rotatable bonds is 4. The van der Waals surface area contributed by atoms with Crippen molar-refractivity contribution in [3.8, 4) is 0 Å². The van der Waals surface area contributed by atoms with Crippen LogP contribution in [0.4, 0.5) is 13.2 Å². The van der Waals surface area contributed by atoms with E-state index < -0.39 is 11.6 Å². The smallest absolute Gasteiger partial charge is 0.159 e. The van der Waals surface area contributed by atoms with Crippen molar-refractivity contribution in [2.45, 2.75) is 12.8 Å². The Bertz CT molecular complexity index is 591. The van der Waals surface area contributed by atoms with Crippen molar-refractivity contribution in [1.82, 2.24) is 0 Å². The van der Waals surface area contributed by atoms with E-state index in [-0.39, 0.29) is 24.4 Å². The van der Waals surface area contributed by atoms with E-state index in [1.54, 1.807) is 0 Å². The zero-order valence-corrected chi connectivity index (χ0v) is 10.00. The van der Waals surface area contributed by atoms with Crippen LogP contribution in [0.2, 0.25) is 0 Å². The minimum atomic E-state index is -0.966. The number of hydrogen-bond donors (Lipinski definition) is 0. The molecule has 0 aliphatic carbocycles. The van der Waals surface area contributed by atoms with Gasteiger partial charge in [-0.15, -0.1) is 0 Å². The molecule has 0 N–H and O–H groups in total. The molecular formula is C15H11F3O. The quantitative estimate of drug-likeness (QED) is 0.826. The van der Waals surface area contributed by atoms with E-state index in [1.807, 2.05) is 0 Å². The highest BCUT2D eigenvalue weighted by molar-refractivity contribution is 5.83. The summed E-state index contributed by atoms with van der Waals surface area (Å²) in [5.74, 6) is -2.41. The number of hydrogen-bond acceptors (Lipinski definition) is 1. The van der Waals surface area contributed by atoms with Crippen LogP contribution in [0.15, 0.2) is 42.5 Å². The molecular weight excluding hydrogens is 253 g/mol. The van der Waals surface area contributed by atoms with E-state index in [0.29, 0.717) is 11.1 Å². The van der Waals surface area contributed by atoms with E-state index >= 15 is 0 Å². The van der Waals surface area contributed by atoms with Gasteiger partial charge in [0, 0.05) is 12.8 Å². The molecule has 98 valence electrons. The molecule has 0 heterocycles. The van der Waals surface area contributed by atoms with Crippen LogP contribution in [0.25, 0.3) is 0 Å². The van der Waals surface area contributed by atoms with Gasteiger partial charge in [-0.2, -0.15) is 0 Å². The van der Waals surface area contributed by atoms with Crippen LogP contribution in [-0.4, -0.2) is 5.78 Å². The fourth-order valence-electron chi connectivity index (χ4n) is 1.77. The number of carbonyl (C=O) groups is 1. The van der Waals surface area contributed by atoms with Crippen LogP contribution in [0.1, 0.15) is 11.1 Å². The third-order valence-electron chi connectivity index (χ3n) is 2.70. The second kappa shape index (κ2) is 5.69. The van der Waals surface area contributed by atoms with Gasteiger partial charge in [-0.25, -0.2) is 13.2 Å². The van der Waals surface area contributed by atoms with Crippen LogP contribution >= 0.6 is 0 Å². The van der Waals surface area contributed by atoms with Gasteiger partial charge < -0.3 is 0 Å². The van der Waals surface area contributed by atoms with Crippen LogP contribution < -0.4 is 0 Å². The molecule has 4 heteroatoms. The van der Waals surface area contributed by atoms with Crippen LogP contribution in [0.3, 0.4) is 0 Å². The third kappa shape index (κ3) is 3.68. The highest BCUT2D eigenvalue weighted by atomic mass is 19.2. The number of benzene rings is 2. The van der Waals surface area contributed by atoms with Crippen molar-refractivity contribution >= 4 is 5.78 Å². The minimum Gasteiger partial charge on any atom is -0.299 e. The number of Topliss-reactive ketones (excluding diaryl/α,β-unsaturated/α-hetero) is 1.